The lowest BCUT2D eigenvalue weighted by Gasteiger charge is -2.46. The van der Waals surface area contributed by atoms with Crippen molar-refractivity contribution in [1.82, 2.24) is 0 Å². The summed E-state index contributed by atoms with van der Waals surface area (Å²) in [5, 5.41) is 19.3. The molecule has 1 aliphatic heterocycles. The van der Waals surface area contributed by atoms with Crippen molar-refractivity contribution in [3.63, 3.8) is 0 Å². The van der Waals surface area contributed by atoms with E-state index in [2.05, 4.69) is 0 Å². The molecule has 1 saturated heterocycles. The smallest absolute Gasteiger partial charge is 0.186 e. The number of hydrogen-bond acceptors (Lipinski definition) is 5. The van der Waals surface area contributed by atoms with Gasteiger partial charge in [0.25, 0.3) is 0 Å². The van der Waals surface area contributed by atoms with Gasteiger partial charge in [-0.3, -0.25) is 0 Å². The van der Waals surface area contributed by atoms with Gasteiger partial charge in [0, 0.05) is 14.2 Å². The molecule has 0 bridgehead atoms. The fourth-order valence-electron chi connectivity index (χ4n) is 1.80. The lowest BCUT2D eigenvalue weighted by atomic mass is 9.90. The van der Waals surface area contributed by atoms with Crippen LogP contribution in [-0.4, -0.2) is 54.6 Å². The molecule has 1 rings (SSSR count). The molecule has 2 N–H and O–H groups in total. The molecule has 84 valence electrons. The van der Waals surface area contributed by atoms with E-state index < -0.39 is 30.2 Å². The first-order valence-electron chi connectivity index (χ1n) is 4.53. The van der Waals surface area contributed by atoms with Gasteiger partial charge in [-0.15, -0.1) is 0 Å². The Morgan fingerprint density at radius 3 is 2.07 bits per heavy atom. The van der Waals surface area contributed by atoms with E-state index in [4.69, 9.17) is 14.2 Å². The Morgan fingerprint density at radius 1 is 1.07 bits per heavy atom. The van der Waals surface area contributed by atoms with Crippen molar-refractivity contribution < 1.29 is 24.4 Å². The second kappa shape index (κ2) is 4.12. The molecule has 0 radical (unpaired) electrons. The summed E-state index contributed by atoms with van der Waals surface area (Å²) in [6, 6.07) is 0. The molecule has 0 amide bonds. The predicted octanol–water partition coefficient (Wildman–Crippen LogP) is -0.496. The maximum atomic E-state index is 9.74. The molecule has 14 heavy (non-hydrogen) atoms. The minimum Gasteiger partial charge on any atom is -0.387 e. The van der Waals surface area contributed by atoms with Crippen LogP contribution in [0.1, 0.15) is 13.8 Å². The van der Waals surface area contributed by atoms with Gasteiger partial charge in [-0.25, -0.2) is 0 Å². The Balaban J connectivity index is 2.83. The van der Waals surface area contributed by atoms with Gasteiger partial charge in [0.05, 0.1) is 5.60 Å². The van der Waals surface area contributed by atoms with Crippen molar-refractivity contribution in [3.05, 3.63) is 0 Å². The Hall–Kier alpha value is -0.200. The van der Waals surface area contributed by atoms with Gasteiger partial charge in [-0.05, 0) is 13.8 Å². The van der Waals surface area contributed by atoms with Crippen LogP contribution in [0.3, 0.4) is 0 Å². The topological polar surface area (TPSA) is 68.2 Å². The summed E-state index contributed by atoms with van der Waals surface area (Å²) in [4.78, 5) is 0. The maximum Gasteiger partial charge on any atom is 0.186 e. The zero-order valence-corrected chi connectivity index (χ0v) is 8.93. The largest absolute Gasteiger partial charge is 0.387 e. The van der Waals surface area contributed by atoms with Crippen molar-refractivity contribution in [2.45, 2.75) is 44.1 Å². The first kappa shape index (κ1) is 11.9. The van der Waals surface area contributed by atoms with Crippen LogP contribution in [0.2, 0.25) is 0 Å². The molecule has 0 aromatic heterocycles. The molecule has 4 atom stereocenters. The minimum absolute atomic E-state index is 0.566. The zero-order chi connectivity index (χ0) is 10.9. The van der Waals surface area contributed by atoms with Crippen molar-refractivity contribution in [3.8, 4) is 0 Å². The van der Waals surface area contributed by atoms with Crippen molar-refractivity contribution >= 4 is 0 Å². The average molecular weight is 206 g/mol. The van der Waals surface area contributed by atoms with E-state index in [0.717, 1.165) is 0 Å². The molecule has 1 unspecified atom stereocenters. The van der Waals surface area contributed by atoms with Crippen molar-refractivity contribution in [2.24, 2.45) is 0 Å². The van der Waals surface area contributed by atoms with E-state index >= 15 is 0 Å². The van der Waals surface area contributed by atoms with Crippen molar-refractivity contribution in [1.29, 1.82) is 0 Å². The van der Waals surface area contributed by atoms with Crippen LogP contribution in [0.4, 0.5) is 0 Å². The fraction of sp³-hybridized carbons (Fsp3) is 1.00. The summed E-state index contributed by atoms with van der Waals surface area (Å²) in [5.74, 6) is 0. The number of aliphatic hydroxyl groups is 2. The predicted molar refractivity (Wildman–Crippen MR) is 48.8 cm³/mol. The van der Waals surface area contributed by atoms with Gasteiger partial charge in [0.1, 0.15) is 18.3 Å². The molecule has 1 heterocycles. The molecule has 0 saturated carbocycles. The second-order valence-electron chi connectivity index (χ2n) is 3.96. The molecule has 0 aromatic carbocycles. The highest BCUT2D eigenvalue weighted by molar-refractivity contribution is 4.95. The van der Waals surface area contributed by atoms with Crippen LogP contribution in [0.15, 0.2) is 0 Å². The third-order valence-electron chi connectivity index (χ3n) is 2.53. The van der Waals surface area contributed by atoms with E-state index in [0.29, 0.717) is 0 Å². The highest BCUT2D eigenvalue weighted by Gasteiger charge is 2.49. The minimum atomic E-state index is -1.09. The number of rotatable bonds is 2. The number of methoxy groups -OCH3 is 2. The molecule has 1 aliphatic rings. The molecule has 5 heteroatoms. The average Bonchev–Trinajstić information content (AvgIpc) is 2.12. The van der Waals surface area contributed by atoms with Gasteiger partial charge < -0.3 is 24.4 Å². The zero-order valence-electron chi connectivity index (χ0n) is 8.93. The molecular formula is C9H18O5. The molecule has 0 aromatic rings. The Bertz CT molecular complexity index is 194. The van der Waals surface area contributed by atoms with Crippen LogP contribution in [-0.2, 0) is 14.2 Å². The van der Waals surface area contributed by atoms with Gasteiger partial charge in [0.2, 0.25) is 0 Å². The van der Waals surface area contributed by atoms with E-state index in [1.807, 2.05) is 0 Å². The summed E-state index contributed by atoms with van der Waals surface area (Å²) in [5.41, 5.74) is -0.686. The number of ether oxygens (including phenoxy) is 3. The first-order chi connectivity index (χ1) is 6.44. The Morgan fingerprint density at radius 2 is 1.64 bits per heavy atom. The number of aliphatic hydroxyl groups excluding tert-OH is 2. The highest BCUT2D eigenvalue weighted by atomic mass is 16.7. The lowest BCUT2D eigenvalue weighted by molar-refractivity contribution is -0.320. The summed E-state index contributed by atoms with van der Waals surface area (Å²) < 4.78 is 15.5. The lowest BCUT2D eigenvalue weighted by Crippen LogP contribution is -2.62. The molecule has 1 fully saturated rings. The van der Waals surface area contributed by atoms with E-state index in [1.54, 1.807) is 13.8 Å². The van der Waals surface area contributed by atoms with E-state index in [-0.39, 0.29) is 0 Å². The van der Waals surface area contributed by atoms with Crippen molar-refractivity contribution in [2.75, 3.05) is 14.2 Å². The van der Waals surface area contributed by atoms with E-state index in [9.17, 15) is 10.2 Å². The summed E-state index contributed by atoms with van der Waals surface area (Å²) in [6.07, 6.45) is -3.47. The Kier molecular flexibility index (Phi) is 3.49. The van der Waals surface area contributed by atoms with Crippen LogP contribution >= 0.6 is 0 Å². The second-order valence-corrected chi connectivity index (χ2v) is 3.96. The van der Waals surface area contributed by atoms with Gasteiger partial charge in [-0.2, -0.15) is 0 Å². The standard InChI is InChI=1S/C9H18O5/c1-9(2)7(12-3)5(10)6(11)8(13-4)14-9/h5-8,10-11H,1-4H3/t5-,6?,7-,8-/m1/s1. The van der Waals surface area contributed by atoms with Gasteiger partial charge in [0.15, 0.2) is 6.29 Å². The molecule has 0 aliphatic carbocycles. The van der Waals surface area contributed by atoms with Gasteiger partial charge in [-0.1, -0.05) is 0 Å². The summed E-state index contributed by atoms with van der Waals surface area (Å²) >= 11 is 0. The third kappa shape index (κ3) is 1.92. The first-order valence-corrected chi connectivity index (χ1v) is 4.53. The SMILES string of the molecule is CO[C@@H]1OC(C)(C)[C@H](OC)[C@H](O)C1O. The van der Waals surface area contributed by atoms with Crippen LogP contribution in [0.5, 0.6) is 0 Å². The van der Waals surface area contributed by atoms with Crippen LogP contribution in [0.25, 0.3) is 0 Å². The summed E-state index contributed by atoms with van der Waals surface area (Å²) in [6.45, 7) is 3.56. The highest BCUT2D eigenvalue weighted by Crippen LogP contribution is 2.31. The third-order valence-corrected chi connectivity index (χ3v) is 2.53. The normalized spacial score (nSPS) is 42.4. The fourth-order valence-corrected chi connectivity index (χ4v) is 1.80. The molecule has 0 spiro atoms. The summed E-state index contributed by atoms with van der Waals surface area (Å²) in [7, 11) is 2.89. The molecular weight excluding hydrogens is 188 g/mol. The van der Waals surface area contributed by atoms with Gasteiger partial charge >= 0.3 is 0 Å². The van der Waals surface area contributed by atoms with E-state index in [1.165, 1.54) is 14.2 Å². The maximum absolute atomic E-state index is 9.74. The quantitative estimate of drug-likeness (QED) is 0.638. The Labute approximate surface area is 83.6 Å². The molecule has 5 nitrogen and oxygen atoms in total. The van der Waals surface area contributed by atoms with Crippen LogP contribution < -0.4 is 0 Å². The monoisotopic (exact) mass is 206 g/mol. The number of hydrogen-bond donors (Lipinski definition) is 2. The van der Waals surface area contributed by atoms with Crippen LogP contribution in [0, 0.1) is 0 Å².